The minimum Gasteiger partial charge on any atom is -0.377 e. The van der Waals surface area contributed by atoms with Crippen molar-refractivity contribution in [3.05, 3.63) is 0 Å². The van der Waals surface area contributed by atoms with Gasteiger partial charge in [0, 0.05) is 19.6 Å². The molecule has 1 N–H and O–H groups in total. The van der Waals surface area contributed by atoms with Crippen LogP contribution in [-0.4, -0.2) is 25.3 Å². The lowest BCUT2D eigenvalue weighted by molar-refractivity contribution is -0.0540. The first kappa shape index (κ1) is 15.5. The molecule has 0 aromatic carbocycles. The largest absolute Gasteiger partial charge is 0.377 e. The Bertz CT molecular complexity index is 269. The van der Waals surface area contributed by atoms with Crippen molar-refractivity contribution < 1.29 is 4.74 Å². The van der Waals surface area contributed by atoms with Crippen LogP contribution in [0, 0.1) is 11.8 Å². The number of rotatable bonds is 6. The number of nitrogens with one attached hydrogen (secondary N) is 1. The van der Waals surface area contributed by atoms with E-state index in [-0.39, 0.29) is 5.60 Å². The maximum atomic E-state index is 5.99. The van der Waals surface area contributed by atoms with Crippen molar-refractivity contribution >= 4 is 0 Å². The van der Waals surface area contributed by atoms with E-state index >= 15 is 0 Å². The maximum absolute atomic E-state index is 5.99. The van der Waals surface area contributed by atoms with E-state index in [1.54, 1.807) is 0 Å². The molecule has 1 rings (SSSR count). The highest BCUT2D eigenvalue weighted by molar-refractivity contribution is 5.00. The van der Waals surface area contributed by atoms with Crippen molar-refractivity contribution in [3.8, 4) is 11.8 Å². The fraction of sp³-hybridized carbons (Fsp3) is 0.875. The molecule has 0 heterocycles. The summed E-state index contributed by atoms with van der Waals surface area (Å²) in [4.78, 5) is 0. The Kier molecular flexibility index (Phi) is 7.39. The van der Waals surface area contributed by atoms with Crippen molar-refractivity contribution in [3.63, 3.8) is 0 Å². The summed E-state index contributed by atoms with van der Waals surface area (Å²) in [5, 5.41) is 3.64. The van der Waals surface area contributed by atoms with Crippen molar-refractivity contribution in [2.24, 2.45) is 0 Å². The Morgan fingerprint density at radius 1 is 1.22 bits per heavy atom. The predicted octanol–water partition coefficient (Wildman–Crippen LogP) is 3.51. The lowest BCUT2D eigenvalue weighted by atomic mass is 9.83. The van der Waals surface area contributed by atoms with E-state index < -0.39 is 0 Å². The third-order valence-electron chi connectivity index (χ3n) is 4.18. The van der Waals surface area contributed by atoms with Crippen molar-refractivity contribution in [1.82, 2.24) is 5.32 Å². The van der Waals surface area contributed by atoms with Crippen LogP contribution in [0.5, 0.6) is 0 Å². The first-order chi connectivity index (χ1) is 8.79. The quantitative estimate of drug-likeness (QED) is 0.576. The summed E-state index contributed by atoms with van der Waals surface area (Å²) >= 11 is 0. The number of methoxy groups -OCH3 is 1. The molecule has 1 atom stereocenters. The Morgan fingerprint density at radius 3 is 2.39 bits per heavy atom. The average molecular weight is 251 g/mol. The molecule has 1 unspecified atom stereocenters. The molecule has 18 heavy (non-hydrogen) atoms. The molecule has 1 aliphatic rings. The van der Waals surface area contributed by atoms with Crippen LogP contribution in [0.4, 0.5) is 0 Å². The molecular weight excluding hydrogens is 222 g/mol. The highest BCUT2D eigenvalue weighted by Gasteiger charge is 2.38. The molecule has 1 fully saturated rings. The zero-order chi connectivity index (χ0) is 13.3. The summed E-state index contributed by atoms with van der Waals surface area (Å²) in [5.41, 5.74) is 0.0436. The molecule has 0 spiro atoms. The lowest BCUT2D eigenvalue weighted by Crippen LogP contribution is -2.51. The average Bonchev–Trinajstić information content (AvgIpc) is 2.64. The van der Waals surface area contributed by atoms with Crippen LogP contribution in [0.15, 0.2) is 0 Å². The van der Waals surface area contributed by atoms with Gasteiger partial charge in [-0.1, -0.05) is 32.6 Å². The van der Waals surface area contributed by atoms with Crippen molar-refractivity contribution in [1.29, 1.82) is 0 Å². The molecule has 0 saturated heterocycles. The number of likely N-dealkylation sites (N-methyl/N-ethyl adjacent to an activating group) is 1. The van der Waals surface area contributed by atoms with Gasteiger partial charge in [-0.25, -0.2) is 0 Å². The van der Waals surface area contributed by atoms with Gasteiger partial charge in [0.15, 0.2) is 0 Å². The smallest absolute Gasteiger partial charge is 0.0831 e. The van der Waals surface area contributed by atoms with E-state index in [2.05, 4.69) is 24.1 Å². The second-order valence-corrected chi connectivity index (χ2v) is 5.26. The highest BCUT2D eigenvalue weighted by Crippen LogP contribution is 2.34. The summed E-state index contributed by atoms with van der Waals surface area (Å²) in [6.07, 6.45) is 9.78. The van der Waals surface area contributed by atoms with Crippen LogP contribution in [0.25, 0.3) is 0 Å². The Labute approximate surface area is 113 Å². The van der Waals surface area contributed by atoms with E-state index in [4.69, 9.17) is 4.74 Å². The second kappa shape index (κ2) is 8.56. The first-order valence-electron chi connectivity index (χ1n) is 7.47. The first-order valence-corrected chi connectivity index (χ1v) is 7.47. The summed E-state index contributed by atoms with van der Waals surface area (Å²) in [5.74, 6) is 6.18. The molecule has 0 aliphatic heterocycles. The van der Waals surface area contributed by atoms with Crippen LogP contribution in [0.3, 0.4) is 0 Å². The third kappa shape index (κ3) is 4.30. The molecule has 2 nitrogen and oxygen atoms in total. The standard InChI is InChI=1S/C16H29NO/c1-4-6-9-12-15(17-5-2)16(18-3)13-10-7-8-11-14-16/h15,17H,5,7-14H2,1-3H3. The molecule has 0 aromatic rings. The number of hydrogen-bond donors (Lipinski definition) is 1. The van der Waals surface area contributed by atoms with Gasteiger partial charge in [-0.2, -0.15) is 0 Å². The van der Waals surface area contributed by atoms with Gasteiger partial charge in [-0.05, 0) is 32.7 Å². The molecule has 0 radical (unpaired) electrons. The van der Waals surface area contributed by atoms with Gasteiger partial charge >= 0.3 is 0 Å². The van der Waals surface area contributed by atoms with Crippen LogP contribution in [-0.2, 0) is 4.74 Å². The molecule has 1 saturated carbocycles. The van der Waals surface area contributed by atoms with Gasteiger partial charge in [-0.15, -0.1) is 11.8 Å². The SMILES string of the molecule is CC#CCCC(NCC)C1(OC)CCCCCC1. The van der Waals surface area contributed by atoms with Gasteiger partial charge in [-0.3, -0.25) is 0 Å². The minimum absolute atomic E-state index is 0.0436. The molecule has 0 bridgehead atoms. The predicted molar refractivity (Wildman–Crippen MR) is 77.6 cm³/mol. The summed E-state index contributed by atoms with van der Waals surface area (Å²) in [6, 6.07) is 0.450. The van der Waals surface area contributed by atoms with E-state index in [9.17, 15) is 0 Å². The molecule has 2 heteroatoms. The van der Waals surface area contributed by atoms with Crippen LogP contribution < -0.4 is 5.32 Å². The van der Waals surface area contributed by atoms with Crippen LogP contribution in [0.1, 0.15) is 65.2 Å². The molecule has 0 aromatic heterocycles. The second-order valence-electron chi connectivity index (χ2n) is 5.26. The maximum Gasteiger partial charge on any atom is 0.0831 e. The Morgan fingerprint density at radius 2 is 1.89 bits per heavy atom. The van der Waals surface area contributed by atoms with Crippen molar-refractivity contribution in [2.45, 2.75) is 76.9 Å². The zero-order valence-electron chi connectivity index (χ0n) is 12.3. The highest BCUT2D eigenvalue weighted by atomic mass is 16.5. The molecule has 104 valence electrons. The van der Waals surface area contributed by atoms with Gasteiger partial charge in [0.2, 0.25) is 0 Å². The van der Waals surface area contributed by atoms with Crippen LogP contribution in [0.2, 0.25) is 0 Å². The van der Waals surface area contributed by atoms with E-state index in [0.717, 1.165) is 19.4 Å². The van der Waals surface area contributed by atoms with Gasteiger partial charge < -0.3 is 10.1 Å². The summed E-state index contributed by atoms with van der Waals surface area (Å²) in [6.45, 7) is 5.11. The Balaban J connectivity index is 2.71. The van der Waals surface area contributed by atoms with Gasteiger partial charge in [0.05, 0.1) is 5.60 Å². The minimum atomic E-state index is 0.0436. The van der Waals surface area contributed by atoms with E-state index in [1.807, 2.05) is 14.0 Å². The normalized spacial score (nSPS) is 20.6. The fourth-order valence-corrected chi connectivity index (χ4v) is 3.16. The van der Waals surface area contributed by atoms with Crippen molar-refractivity contribution in [2.75, 3.05) is 13.7 Å². The molecular formula is C16H29NO. The van der Waals surface area contributed by atoms with E-state index in [1.165, 1.54) is 38.5 Å². The van der Waals surface area contributed by atoms with Crippen LogP contribution >= 0.6 is 0 Å². The summed E-state index contributed by atoms with van der Waals surface area (Å²) in [7, 11) is 1.89. The molecule has 1 aliphatic carbocycles. The number of ether oxygens (including phenoxy) is 1. The Hall–Kier alpha value is -0.520. The summed E-state index contributed by atoms with van der Waals surface area (Å²) < 4.78 is 5.99. The monoisotopic (exact) mass is 251 g/mol. The lowest BCUT2D eigenvalue weighted by Gasteiger charge is -2.39. The topological polar surface area (TPSA) is 21.3 Å². The van der Waals surface area contributed by atoms with Gasteiger partial charge in [0.1, 0.15) is 0 Å². The number of hydrogen-bond acceptors (Lipinski definition) is 2. The third-order valence-corrected chi connectivity index (χ3v) is 4.18. The fourth-order valence-electron chi connectivity index (χ4n) is 3.16. The van der Waals surface area contributed by atoms with Gasteiger partial charge in [0.25, 0.3) is 0 Å². The molecule has 0 amide bonds. The zero-order valence-corrected chi connectivity index (χ0v) is 12.3. The van der Waals surface area contributed by atoms with E-state index in [0.29, 0.717) is 6.04 Å².